The molecule has 0 aromatic heterocycles. The minimum Gasteiger partial charge on any atom is -0.267 e. The average molecular weight is 519 g/mol. The Bertz CT molecular complexity index is 962. The van der Waals surface area contributed by atoms with E-state index < -0.39 is 20.2 Å². The lowest BCUT2D eigenvalue weighted by molar-refractivity contribution is -0.165. The minimum absolute atomic E-state index is 0.0772. The first kappa shape index (κ1) is 26.9. The number of fused-ring (bicyclic) bond motifs is 5. The molecular formula is C26H46O6S2. The summed E-state index contributed by atoms with van der Waals surface area (Å²) >= 11 is 0. The molecule has 0 radical (unpaired) electrons. The molecule has 4 aliphatic carbocycles. The van der Waals surface area contributed by atoms with Crippen molar-refractivity contribution < 1.29 is 25.2 Å². The van der Waals surface area contributed by atoms with E-state index in [4.69, 9.17) is 8.37 Å². The van der Waals surface area contributed by atoms with E-state index in [9.17, 15) is 16.8 Å². The third-order valence-electron chi connectivity index (χ3n) is 10.8. The lowest BCUT2D eigenvalue weighted by atomic mass is 9.43. The Balaban J connectivity index is 1.64. The highest BCUT2D eigenvalue weighted by Gasteiger charge is 2.65. The Morgan fingerprint density at radius 1 is 0.882 bits per heavy atom. The molecule has 8 heteroatoms. The van der Waals surface area contributed by atoms with E-state index in [1.165, 1.54) is 25.5 Å². The molecule has 0 aromatic carbocycles. The minimum atomic E-state index is -3.56. The van der Waals surface area contributed by atoms with Crippen molar-refractivity contribution in [3.05, 3.63) is 0 Å². The van der Waals surface area contributed by atoms with E-state index in [-0.39, 0.29) is 23.0 Å². The number of hydrogen-bond acceptors (Lipinski definition) is 6. The van der Waals surface area contributed by atoms with E-state index >= 15 is 0 Å². The van der Waals surface area contributed by atoms with Crippen molar-refractivity contribution in [2.75, 3.05) is 12.5 Å². The lowest BCUT2D eigenvalue weighted by Gasteiger charge is -2.63. The van der Waals surface area contributed by atoms with E-state index in [0.717, 1.165) is 51.2 Å². The van der Waals surface area contributed by atoms with Gasteiger partial charge in [0, 0.05) is 5.41 Å². The van der Waals surface area contributed by atoms with E-state index in [0.29, 0.717) is 35.5 Å². The van der Waals surface area contributed by atoms with E-state index in [1.807, 2.05) is 0 Å². The third-order valence-corrected chi connectivity index (χ3v) is 12.0. The predicted octanol–water partition coefficient (Wildman–Crippen LogP) is 5.38. The van der Waals surface area contributed by atoms with Crippen LogP contribution in [0.15, 0.2) is 0 Å². The largest absolute Gasteiger partial charge is 0.267 e. The molecule has 10 atom stereocenters. The Kier molecular flexibility index (Phi) is 7.34. The molecule has 0 amide bonds. The van der Waals surface area contributed by atoms with Gasteiger partial charge in [-0.05, 0) is 92.3 Å². The molecule has 0 bridgehead atoms. The van der Waals surface area contributed by atoms with Crippen LogP contribution in [0, 0.1) is 46.3 Å². The molecule has 4 rings (SSSR count). The molecule has 0 heterocycles. The molecule has 198 valence electrons. The van der Waals surface area contributed by atoms with Gasteiger partial charge in [-0.2, -0.15) is 16.8 Å². The molecule has 0 N–H and O–H groups in total. The highest BCUT2D eigenvalue weighted by Crippen LogP contribution is 2.69. The van der Waals surface area contributed by atoms with Crippen LogP contribution in [0.5, 0.6) is 0 Å². The fraction of sp³-hybridized carbons (Fsp3) is 1.00. The van der Waals surface area contributed by atoms with Crippen LogP contribution in [0.4, 0.5) is 0 Å². The SMILES string of the molecule is CCC[C@@H](C)[C@H]1CC[C@H]2[C@@H]3CC[C@H]4C[C@@H](OS(C)(=O)=O)CC[C@]4(C)[C@H]3C[C@@H](OS(C)(=O)=O)[C@]12C. The van der Waals surface area contributed by atoms with Gasteiger partial charge in [-0.15, -0.1) is 0 Å². The zero-order valence-corrected chi connectivity index (χ0v) is 23.6. The zero-order chi connectivity index (χ0) is 25.1. The van der Waals surface area contributed by atoms with Crippen LogP contribution < -0.4 is 0 Å². The second-order valence-corrected chi connectivity index (χ2v) is 15.9. The van der Waals surface area contributed by atoms with Crippen LogP contribution in [-0.4, -0.2) is 41.6 Å². The average Bonchev–Trinajstić information content (AvgIpc) is 3.05. The summed E-state index contributed by atoms with van der Waals surface area (Å²) < 4.78 is 59.7. The van der Waals surface area contributed by atoms with Gasteiger partial charge in [-0.1, -0.05) is 40.5 Å². The van der Waals surface area contributed by atoms with Gasteiger partial charge in [0.05, 0.1) is 24.7 Å². The molecule has 34 heavy (non-hydrogen) atoms. The van der Waals surface area contributed by atoms with Crippen LogP contribution in [0.3, 0.4) is 0 Å². The highest BCUT2D eigenvalue weighted by atomic mass is 32.2. The lowest BCUT2D eigenvalue weighted by Crippen LogP contribution is -2.59. The van der Waals surface area contributed by atoms with Crippen molar-refractivity contribution in [1.29, 1.82) is 0 Å². The maximum absolute atomic E-state index is 12.4. The van der Waals surface area contributed by atoms with Gasteiger partial charge in [0.1, 0.15) is 0 Å². The van der Waals surface area contributed by atoms with Crippen molar-refractivity contribution in [3.8, 4) is 0 Å². The monoisotopic (exact) mass is 518 g/mol. The predicted molar refractivity (Wildman–Crippen MR) is 134 cm³/mol. The molecule has 0 spiro atoms. The van der Waals surface area contributed by atoms with Crippen molar-refractivity contribution in [2.24, 2.45) is 46.3 Å². The van der Waals surface area contributed by atoms with Crippen molar-refractivity contribution in [2.45, 2.75) is 104 Å². The second kappa shape index (κ2) is 9.29. The molecule has 4 aliphatic rings. The van der Waals surface area contributed by atoms with Crippen LogP contribution in [-0.2, 0) is 28.6 Å². The molecule has 6 nitrogen and oxygen atoms in total. The van der Waals surface area contributed by atoms with Gasteiger partial charge in [0.25, 0.3) is 20.2 Å². The quantitative estimate of drug-likeness (QED) is 0.421. The fourth-order valence-electron chi connectivity index (χ4n) is 9.46. The van der Waals surface area contributed by atoms with Crippen LogP contribution in [0.1, 0.15) is 91.9 Å². The van der Waals surface area contributed by atoms with Gasteiger partial charge in [0.15, 0.2) is 0 Å². The van der Waals surface area contributed by atoms with Crippen LogP contribution in [0.2, 0.25) is 0 Å². The summed E-state index contributed by atoms with van der Waals surface area (Å²) in [5, 5.41) is 0. The summed E-state index contributed by atoms with van der Waals surface area (Å²) in [6.45, 7) is 9.32. The third kappa shape index (κ3) is 4.87. The standard InChI is InChI=1S/C26H46O6S2/c1-7-8-17(2)21-11-12-22-20-10-9-18-15-19(31-33(5,27)28)13-14-25(18,3)23(20)16-24(26(21,22)4)32-34(6,29)30/h17-24H,7-16H2,1-6H3/t17-,18+,19+,20+,21-,22+,23+,24-,25+,26-/m1/s1. The Morgan fingerprint density at radius 2 is 1.56 bits per heavy atom. The summed E-state index contributed by atoms with van der Waals surface area (Å²) in [6, 6.07) is 0. The Hall–Kier alpha value is -0.180. The molecule has 0 aromatic rings. The summed E-state index contributed by atoms with van der Waals surface area (Å²) in [5.41, 5.74) is -0.0352. The highest BCUT2D eigenvalue weighted by molar-refractivity contribution is 7.86. The summed E-state index contributed by atoms with van der Waals surface area (Å²) in [5.74, 6) is 2.97. The van der Waals surface area contributed by atoms with Crippen molar-refractivity contribution in [1.82, 2.24) is 0 Å². The van der Waals surface area contributed by atoms with Crippen LogP contribution in [0.25, 0.3) is 0 Å². The van der Waals surface area contributed by atoms with Gasteiger partial charge >= 0.3 is 0 Å². The summed E-state index contributed by atoms with van der Waals surface area (Å²) in [7, 11) is -7.02. The summed E-state index contributed by atoms with van der Waals surface area (Å²) in [6.07, 6.45) is 12.0. The van der Waals surface area contributed by atoms with Gasteiger partial charge in [0.2, 0.25) is 0 Å². The normalized spacial score (nSPS) is 45.8. The van der Waals surface area contributed by atoms with E-state index in [2.05, 4.69) is 27.7 Å². The molecule has 0 saturated heterocycles. The van der Waals surface area contributed by atoms with Gasteiger partial charge in [-0.25, -0.2) is 0 Å². The number of hydrogen-bond donors (Lipinski definition) is 0. The molecule has 0 unspecified atom stereocenters. The molecule has 4 saturated carbocycles. The molecule has 0 aliphatic heterocycles. The first-order chi connectivity index (χ1) is 15.7. The van der Waals surface area contributed by atoms with Crippen molar-refractivity contribution in [3.63, 3.8) is 0 Å². The van der Waals surface area contributed by atoms with Crippen molar-refractivity contribution >= 4 is 20.2 Å². The second-order valence-electron chi connectivity index (χ2n) is 12.7. The first-order valence-electron chi connectivity index (χ1n) is 13.5. The zero-order valence-electron chi connectivity index (χ0n) is 22.0. The molecular weight excluding hydrogens is 472 g/mol. The fourth-order valence-corrected chi connectivity index (χ4v) is 10.8. The Labute approximate surface area is 208 Å². The maximum atomic E-state index is 12.4. The van der Waals surface area contributed by atoms with Crippen LogP contribution >= 0.6 is 0 Å². The maximum Gasteiger partial charge on any atom is 0.264 e. The van der Waals surface area contributed by atoms with Gasteiger partial charge < -0.3 is 0 Å². The topological polar surface area (TPSA) is 86.7 Å². The number of rotatable bonds is 7. The Morgan fingerprint density at radius 3 is 2.18 bits per heavy atom. The first-order valence-corrected chi connectivity index (χ1v) is 17.1. The summed E-state index contributed by atoms with van der Waals surface area (Å²) in [4.78, 5) is 0. The van der Waals surface area contributed by atoms with Gasteiger partial charge in [-0.3, -0.25) is 8.37 Å². The smallest absolute Gasteiger partial charge is 0.264 e. The van der Waals surface area contributed by atoms with E-state index in [1.54, 1.807) is 0 Å². The molecule has 4 fully saturated rings.